The lowest BCUT2D eigenvalue weighted by Crippen LogP contribution is -2.52. The highest BCUT2D eigenvalue weighted by Gasteiger charge is 2.41. The maximum absolute atomic E-state index is 12.4. The smallest absolute Gasteiger partial charge is 0.232 e. The van der Waals surface area contributed by atoms with Gasteiger partial charge in [-0.3, -0.25) is 14.6 Å². The Morgan fingerprint density at radius 1 is 1.27 bits per heavy atom. The molecule has 0 aliphatic carbocycles. The molecular weight excluding hydrogens is 346 g/mol. The van der Waals surface area contributed by atoms with E-state index in [0.717, 1.165) is 44.6 Å². The van der Waals surface area contributed by atoms with Crippen molar-refractivity contribution in [2.75, 3.05) is 25.4 Å². The van der Waals surface area contributed by atoms with Crippen molar-refractivity contribution >= 4 is 23.6 Å². The largest absolute Gasteiger partial charge is 0.342 e. The topological polar surface area (TPSA) is 53.5 Å². The summed E-state index contributed by atoms with van der Waals surface area (Å²) >= 11 is 1.71. The van der Waals surface area contributed by atoms with Gasteiger partial charge in [-0.2, -0.15) is 0 Å². The molecule has 2 saturated heterocycles. The second kappa shape index (κ2) is 8.42. The predicted octanol–water partition coefficient (Wildman–Crippen LogP) is 2.95. The number of hydrogen-bond acceptors (Lipinski definition) is 4. The maximum atomic E-state index is 12.4. The van der Waals surface area contributed by atoms with Crippen LogP contribution < -0.4 is 0 Å². The molecule has 2 amide bonds. The molecule has 3 rings (SSSR count). The number of thioether (sulfide) groups is 1. The summed E-state index contributed by atoms with van der Waals surface area (Å²) in [5, 5.41) is 0.486. The number of likely N-dealkylation sites (tertiary alicyclic amines) is 2. The van der Waals surface area contributed by atoms with Crippen LogP contribution in [-0.2, 0) is 16.1 Å². The summed E-state index contributed by atoms with van der Waals surface area (Å²) in [7, 11) is 0. The summed E-state index contributed by atoms with van der Waals surface area (Å²) in [4.78, 5) is 33.1. The van der Waals surface area contributed by atoms with E-state index in [1.54, 1.807) is 18.0 Å². The minimum atomic E-state index is 0.171. The molecule has 1 spiro atoms. The van der Waals surface area contributed by atoms with Gasteiger partial charge in [0.15, 0.2) is 0 Å². The fraction of sp³-hybridized carbons (Fsp3) is 0.650. The van der Waals surface area contributed by atoms with Gasteiger partial charge in [0.25, 0.3) is 0 Å². The van der Waals surface area contributed by atoms with Crippen LogP contribution in [-0.4, -0.2) is 57.2 Å². The van der Waals surface area contributed by atoms with Gasteiger partial charge in [0.2, 0.25) is 11.8 Å². The molecule has 0 atom stereocenters. The Bertz CT molecular complexity index is 627. The Morgan fingerprint density at radius 2 is 2.04 bits per heavy atom. The lowest BCUT2D eigenvalue weighted by molar-refractivity contribution is -0.142. The van der Waals surface area contributed by atoms with Crippen LogP contribution in [0.2, 0.25) is 0 Å². The van der Waals surface area contributed by atoms with E-state index in [9.17, 15) is 9.59 Å². The zero-order valence-corrected chi connectivity index (χ0v) is 16.6. The third-order valence-corrected chi connectivity index (χ3v) is 6.62. The van der Waals surface area contributed by atoms with Crippen molar-refractivity contribution in [3.05, 3.63) is 30.1 Å². The molecule has 0 bridgehead atoms. The van der Waals surface area contributed by atoms with Gasteiger partial charge in [-0.05, 0) is 42.1 Å². The van der Waals surface area contributed by atoms with Crippen LogP contribution in [0.4, 0.5) is 0 Å². The van der Waals surface area contributed by atoms with Crippen LogP contribution in [0, 0.1) is 5.41 Å². The van der Waals surface area contributed by atoms with E-state index in [2.05, 4.69) is 18.8 Å². The van der Waals surface area contributed by atoms with Gasteiger partial charge in [-0.25, -0.2) is 0 Å². The number of hydrogen-bond donors (Lipinski definition) is 0. The van der Waals surface area contributed by atoms with Gasteiger partial charge in [-0.15, -0.1) is 11.8 Å². The summed E-state index contributed by atoms with van der Waals surface area (Å²) in [5.74, 6) is 1.07. The molecule has 0 aromatic carbocycles. The molecule has 1 aromatic rings. The highest BCUT2D eigenvalue weighted by atomic mass is 32.2. The fourth-order valence-electron chi connectivity index (χ4n) is 3.90. The molecule has 5 nitrogen and oxygen atoms in total. The third kappa shape index (κ3) is 4.78. The summed E-state index contributed by atoms with van der Waals surface area (Å²) < 4.78 is 0. The van der Waals surface area contributed by atoms with Crippen molar-refractivity contribution in [3.63, 3.8) is 0 Å². The quantitative estimate of drug-likeness (QED) is 0.794. The molecule has 0 N–H and O–H groups in total. The predicted molar refractivity (Wildman–Crippen MR) is 105 cm³/mol. The van der Waals surface area contributed by atoms with E-state index in [1.807, 2.05) is 28.0 Å². The number of nitrogens with zero attached hydrogens (tertiary/aromatic N) is 3. The minimum Gasteiger partial charge on any atom is -0.342 e. The molecule has 2 fully saturated rings. The van der Waals surface area contributed by atoms with Gasteiger partial charge < -0.3 is 9.80 Å². The molecule has 26 heavy (non-hydrogen) atoms. The minimum absolute atomic E-state index is 0.171. The van der Waals surface area contributed by atoms with Gasteiger partial charge in [0, 0.05) is 32.3 Å². The zero-order chi connectivity index (χ0) is 18.6. The first-order chi connectivity index (χ1) is 12.5. The second-order valence-corrected chi connectivity index (χ2v) is 9.38. The highest BCUT2D eigenvalue weighted by Crippen LogP contribution is 2.40. The number of carbonyl (C=O) groups excluding carboxylic acids is 2. The molecule has 3 heterocycles. The Kier molecular flexibility index (Phi) is 6.22. The van der Waals surface area contributed by atoms with E-state index in [-0.39, 0.29) is 17.2 Å². The van der Waals surface area contributed by atoms with Crippen molar-refractivity contribution in [3.8, 4) is 0 Å². The molecule has 0 saturated carbocycles. The maximum Gasteiger partial charge on any atom is 0.232 e. The van der Waals surface area contributed by atoms with Gasteiger partial charge in [0.1, 0.15) is 0 Å². The van der Waals surface area contributed by atoms with Crippen molar-refractivity contribution in [2.24, 2.45) is 5.41 Å². The number of carbonyl (C=O) groups is 2. The summed E-state index contributed by atoms with van der Waals surface area (Å²) in [6, 6.07) is 5.83. The van der Waals surface area contributed by atoms with Crippen LogP contribution in [0.3, 0.4) is 0 Å². The molecule has 2 aliphatic rings. The highest BCUT2D eigenvalue weighted by molar-refractivity contribution is 8.00. The summed E-state index contributed by atoms with van der Waals surface area (Å²) in [6.07, 6.45) is 5.34. The first kappa shape index (κ1) is 19.2. The summed E-state index contributed by atoms with van der Waals surface area (Å²) in [5.41, 5.74) is 1.11. The molecule has 6 heteroatoms. The number of aromatic nitrogens is 1. The Balaban J connectivity index is 1.56. The first-order valence-corrected chi connectivity index (χ1v) is 10.6. The van der Waals surface area contributed by atoms with Crippen LogP contribution in [0.15, 0.2) is 24.4 Å². The van der Waals surface area contributed by atoms with Crippen molar-refractivity contribution < 1.29 is 9.59 Å². The first-order valence-electron chi connectivity index (χ1n) is 9.54. The van der Waals surface area contributed by atoms with E-state index < -0.39 is 0 Å². The third-order valence-electron chi connectivity index (χ3n) is 5.54. The van der Waals surface area contributed by atoms with E-state index in [1.165, 1.54) is 0 Å². The van der Waals surface area contributed by atoms with Crippen LogP contribution in [0.25, 0.3) is 0 Å². The Hall–Kier alpha value is -1.56. The summed E-state index contributed by atoms with van der Waals surface area (Å²) in [6.45, 7) is 7.28. The monoisotopic (exact) mass is 375 g/mol. The van der Waals surface area contributed by atoms with Crippen LogP contribution in [0.5, 0.6) is 0 Å². The molecule has 0 unspecified atom stereocenters. The van der Waals surface area contributed by atoms with Gasteiger partial charge >= 0.3 is 0 Å². The van der Waals surface area contributed by atoms with Crippen LogP contribution >= 0.6 is 11.8 Å². The molecule has 1 aromatic heterocycles. The SMILES string of the molecule is CC(C)SCC(=O)N1CCC2(CCC(=O)N(Cc3ccccn3)C2)CC1. The average molecular weight is 376 g/mol. The molecule has 0 radical (unpaired) electrons. The molecule has 142 valence electrons. The molecular formula is C20H29N3O2S. The van der Waals surface area contributed by atoms with Crippen molar-refractivity contribution in [2.45, 2.75) is 51.3 Å². The Morgan fingerprint density at radius 3 is 2.69 bits per heavy atom. The zero-order valence-electron chi connectivity index (χ0n) is 15.8. The number of piperidine rings is 2. The van der Waals surface area contributed by atoms with E-state index >= 15 is 0 Å². The van der Waals surface area contributed by atoms with Crippen molar-refractivity contribution in [1.29, 1.82) is 0 Å². The number of amides is 2. The lowest BCUT2D eigenvalue weighted by Gasteiger charge is -2.47. The lowest BCUT2D eigenvalue weighted by atomic mass is 9.72. The standard InChI is InChI=1S/C20H29N3O2S/c1-16(2)26-14-19(25)22-11-8-20(9-12-22)7-6-18(24)23(15-20)13-17-5-3-4-10-21-17/h3-5,10,16H,6-9,11-15H2,1-2H3. The number of pyridine rings is 1. The fourth-order valence-corrected chi connectivity index (χ4v) is 4.56. The molecule has 2 aliphatic heterocycles. The van der Waals surface area contributed by atoms with Crippen LogP contribution in [0.1, 0.15) is 45.2 Å². The van der Waals surface area contributed by atoms with Gasteiger partial charge in [-0.1, -0.05) is 19.9 Å². The second-order valence-electron chi connectivity index (χ2n) is 7.81. The Labute approximate surface area is 160 Å². The van der Waals surface area contributed by atoms with Gasteiger partial charge in [0.05, 0.1) is 18.0 Å². The number of rotatable bonds is 5. The average Bonchev–Trinajstić information content (AvgIpc) is 2.64. The normalized spacial score (nSPS) is 20.0. The van der Waals surface area contributed by atoms with Crippen molar-refractivity contribution in [1.82, 2.24) is 14.8 Å². The van der Waals surface area contributed by atoms with E-state index in [4.69, 9.17) is 0 Å². The van der Waals surface area contributed by atoms with E-state index in [0.29, 0.717) is 24.0 Å².